The molecule has 0 radical (unpaired) electrons. The van der Waals surface area contributed by atoms with Crippen molar-refractivity contribution in [1.82, 2.24) is 9.55 Å². The lowest BCUT2D eigenvalue weighted by Gasteiger charge is -2.09. The van der Waals surface area contributed by atoms with Gasteiger partial charge in [-0.2, -0.15) is 0 Å². The number of anilines is 1. The molecule has 1 aromatic heterocycles. The maximum absolute atomic E-state index is 12.2. The van der Waals surface area contributed by atoms with Crippen LogP contribution in [0.1, 0.15) is 5.56 Å². The molecule has 1 aliphatic heterocycles. The van der Waals surface area contributed by atoms with Crippen LogP contribution in [-0.2, 0) is 11.3 Å². The van der Waals surface area contributed by atoms with Crippen LogP contribution in [0.15, 0.2) is 60.0 Å². The monoisotopic (exact) mass is 401 g/mol. The van der Waals surface area contributed by atoms with Crippen LogP contribution in [0.3, 0.4) is 0 Å². The van der Waals surface area contributed by atoms with E-state index >= 15 is 0 Å². The Hall–Kier alpha value is -2.64. The largest absolute Gasteiger partial charge is 0.454 e. The van der Waals surface area contributed by atoms with Gasteiger partial charge in [0.2, 0.25) is 12.7 Å². The Labute approximate surface area is 165 Å². The second-order valence-corrected chi connectivity index (χ2v) is 7.25. The molecule has 0 unspecified atom stereocenters. The van der Waals surface area contributed by atoms with Crippen molar-refractivity contribution < 1.29 is 14.3 Å². The van der Waals surface area contributed by atoms with E-state index in [0.717, 1.165) is 22.2 Å². The quantitative estimate of drug-likeness (QED) is 0.631. The Morgan fingerprint density at radius 3 is 3.00 bits per heavy atom. The number of hydrogen-bond donors (Lipinski definition) is 1. The Kier molecular flexibility index (Phi) is 5.22. The summed E-state index contributed by atoms with van der Waals surface area (Å²) in [4.78, 5) is 16.5. The molecule has 0 saturated carbocycles. The number of thioether (sulfide) groups is 1. The topological polar surface area (TPSA) is 65.4 Å². The molecule has 0 aliphatic carbocycles. The number of ether oxygens (including phenoxy) is 2. The summed E-state index contributed by atoms with van der Waals surface area (Å²) >= 11 is 7.31. The van der Waals surface area contributed by atoms with Crippen LogP contribution in [0.2, 0.25) is 5.02 Å². The van der Waals surface area contributed by atoms with Crippen molar-refractivity contribution in [2.45, 2.75) is 11.7 Å². The van der Waals surface area contributed by atoms with E-state index in [1.54, 1.807) is 30.5 Å². The lowest BCUT2D eigenvalue weighted by Crippen LogP contribution is -2.14. The molecule has 6 nitrogen and oxygen atoms in total. The van der Waals surface area contributed by atoms with Crippen molar-refractivity contribution in [3.63, 3.8) is 0 Å². The van der Waals surface area contributed by atoms with Gasteiger partial charge in [0.15, 0.2) is 16.7 Å². The van der Waals surface area contributed by atoms with Gasteiger partial charge in [0.1, 0.15) is 0 Å². The van der Waals surface area contributed by atoms with Gasteiger partial charge in [0.25, 0.3) is 0 Å². The number of nitrogens with one attached hydrogen (secondary N) is 1. The number of aromatic nitrogens is 2. The molecule has 0 atom stereocenters. The fourth-order valence-electron chi connectivity index (χ4n) is 2.69. The first kappa shape index (κ1) is 17.8. The van der Waals surface area contributed by atoms with E-state index in [0.29, 0.717) is 17.3 Å². The van der Waals surface area contributed by atoms with E-state index in [1.165, 1.54) is 11.8 Å². The highest BCUT2D eigenvalue weighted by molar-refractivity contribution is 7.99. The van der Waals surface area contributed by atoms with Crippen LogP contribution in [0.4, 0.5) is 5.69 Å². The molecule has 2 aromatic carbocycles. The third-order valence-corrected chi connectivity index (χ3v) is 5.15. The Morgan fingerprint density at radius 2 is 2.11 bits per heavy atom. The zero-order valence-electron chi connectivity index (χ0n) is 14.2. The summed E-state index contributed by atoms with van der Waals surface area (Å²) in [5, 5.41) is 4.19. The number of halogens is 1. The fraction of sp³-hybridized carbons (Fsp3) is 0.158. The maximum atomic E-state index is 12.2. The highest BCUT2D eigenvalue weighted by Gasteiger charge is 2.14. The molecule has 0 spiro atoms. The van der Waals surface area contributed by atoms with E-state index in [1.807, 2.05) is 29.0 Å². The van der Waals surface area contributed by atoms with Crippen molar-refractivity contribution in [2.75, 3.05) is 17.9 Å². The van der Waals surface area contributed by atoms with Gasteiger partial charge in [-0.25, -0.2) is 4.98 Å². The summed E-state index contributed by atoms with van der Waals surface area (Å²) in [7, 11) is 0. The smallest absolute Gasteiger partial charge is 0.234 e. The molecule has 2 heterocycles. The van der Waals surface area contributed by atoms with Gasteiger partial charge < -0.3 is 19.4 Å². The molecule has 1 aliphatic rings. The van der Waals surface area contributed by atoms with E-state index in [9.17, 15) is 4.79 Å². The molecule has 1 amide bonds. The number of nitrogens with zero attached hydrogens (tertiary/aromatic N) is 2. The summed E-state index contributed by atoms with van der Waals surface area (Å²) < 4.78 is 12.7. The second-order valence-electron chi connectivity index (χ2n) is 5.87. The summed E-state index contributed by atoms with van der Waals surface area (Å²) in [5.41, 5.74) is 1.75. The van der Waals surface area contributed by atoms with Gasteiger partial charge in [0, 0.05) is 29.6 Å². The average molecular weight is 402 g/mol. The minimum atomic E-state index is -0.111. The molecule has 4 rings (SSSR count). The van der Waals surface area contributed by atoms with Crippen LogP contribution in [-0.4, -0.2) is 28.0 Å². The number of imidazole rings is 1. The summed E-state index contributed by atoms with van der Waals surface area (Å²) in [5.74, 6) is 1.66. The Morgan fingerprint density at radius 1 is 1.22 bits per heavy atom. The van der Waals surface area contributed by atoms with E-state index in [4.69, 9.17) is 21.1 Å². The average Bonchev–Trinajstić information content (AvgIpc) is 3.29. The predicted octanol–water partition coefficient (Wildman–Crippen LogP) is 4.04. The third kappa shape index (κ3) is 4.37. The second kappa shape index (κ2) is 7.94. The number of amides is 1. The van der Waals surface area contributed by atoms with Gasteiger partial charge in [-0.3, -0.25) is 4.79 Å². The number of carbonyl (C=O) groups is 1. The number of carbonyl (C=O) groups excluding carboxylic acids is 1. The van der Waals surface area contributed by atoms with Gasteiger partial charge in [-0.05, 0) is 35.9 Å². The summed E-state index contributed by atoms with van der Waals surface area (Å²) in [6.45, 7) is 0.890. The summed E-state index contributed by atoms with van der Waals surface area (Å²) in [6, 6.07) is 12.9. The first-order chi connectivity index (χ1) is 13.2. The first-order valence-corrected chi connectivity index (χ1v) is 9.61. The van der Waals surface area contributed by atoms with Gasteiger partial charge in [-0.15, -0.1) is 0 Å². The fourth-order valence-corrected chi connectivity index (χ4v) is 3.63. The summed E-state index contributed by atoms with van der Waals surface area (Å²) in [6.07, 6.45) is 3.62. The van der Waals surface area contributed by atoms with E-state index in [-0.39, 0.29) is 18.5 Å². The number of rotatable bonds is 6. The van der Waals surface area contributed by atoms with E-state index in [2.05, 4.69) is 10.3 Å². The van der Waals surface area contributed by atoms with Crippen molar-refractivity contribution >= 4 is 35.0 Å². The molecule has 0 fully saturated rings. The standard InChI is InChI=1S/C19H16ClN3O3S/c20-14-2-1-3-15(9-14)22-18(24)11-27-19-21-6-7-23(19)10-13-4-5-16-17(8-13)26-12-25-16/h1-9H,10-12H2,(H,22,24). The van der Waals surface area contributed by atoms with E-state index < -0.39 is 0 Å². The van der Waals surface area contributed by atoms with Crippen molar-refractivity contribution in [2.24, 2.45) is 0 Å². The molecule has 27 heavy (non-hydrogen) atoms. The molecule has 8 heteroatoms. The highest BCUT2D eigenvalue weighted by atomic mass is 35.5. The SMILES string of the molecule is O=C(CSc1nccn1Cc1ccc2c(c1)OCO2)Nc1cccc(Cl)c1. The van der Waals surface area contributed by atoms with Gasteiger partial charge in [-0.1, -0.05) is 35.5 Å². The molecule has 1 N–H and O–H groups in total. The zero-order valence-corrected chi connectivity index (χ0v) is 15.8. The Bertz CT molecular complexity index is 976. The number of benzene rings is 2. The zero-order chi connectivity index (χ0) is 18.6. The molecule has 138 valence electrons. The highest BCUT2D eigenvalue weighted by Crippen LogP contribution is 2.33. The van der Waals surface area contributed by atoms with Gasteiger partial charge >= 0.3 is 0 Å². The first-order valence-electron chi connectivity index (χ1n) is 8.25. The van der Waals surface area contributed by atoms with Crippen LogP contribution >= 0.6 is 23.4 Å². The van der Waals surface area contributed by atoms with Crippen molar-refractivity contribution in [1.29, 1.82) is 0 Å². The predicted molar refractivity (Wildman–Crippen MR) is 105 cm³/mol. The molecule has 0 saturated heterocycles. The van der Waals surface area contributed by atoms with Crippen molar-refractivity contribution in [3.8, 4) is 11.5 Å². The van der Waals surface area contributed by atoms with Crippen LogP contribution in [0.25, 0.3) is 0 Å². The minimum Gasteiger partial charge on any atom is -0.454 e. The lowest BCUT2D eigenvalue weighted by atomic mass is 10.2. The number of hydrogen-bond acceptors (Lipinski definition) is 5. The third-order valence-electron chi connectivity index (χ3n) is 3.91. The molecule has 0 bridgehead atoms. The molecular weight excluding hydrogens is 386 g/mol. The maximum Gasteiger partial charge on any atom is 0.234 e. The Balaban J connectivity index is 1.37. The van der Waals surface area contributed by atoms with Crippen molar-refractivity contribution in [3.05, 3.63) is 65.4 Å². The lowest BCUT2D eigenvalue weighted by molar-refractivity contribution is -0.113. The normalized spacial score (nSPS) is 12.2. The van der Waals surface area contributed by atoms with Gasteiger partial charge in [0.05, 0.1) is 5.75 Å². The number of fused-ring (bicyclic) bond motifs is 1. The van der Waals surface area contributed by atoms with Crippen LogP contribution < -0.4 is 14.8 Å². The minimum absolute atomic E-state index is 0.111. The molecule has 3 aromatic rings. The van der Waals surface area contributed by atoms with Crippen LogP contribution in [0.5, 0.6) is 11.5 Å². The molecular formula is C19H16ClN3O3S. The van der Waals surface area contributed by atoms with Crippen LogP contribution in [0, 0.1) is 0 Å².